The predicted molar refractivity (Wildman–Crippen MR) is 145 cm³/mol. The molecule has 0 saturated heterocycles. The van der Waals surface area contributed by atoms with E-state index >= 15 is 0 Å². The van der Waals surface area contributed by atoms with E-state index in [1.54, 1.807) is 25.3 Å². The van der Waals surface area contributed by atoms with Crippen LogP contribution in [0.3, 0.4) is 0 Å². The number of hydrogen-bond acceptors (Lipinski definition) is 5. The van der Waals surface area contributed by atoms with Gasteiger partial charge in [-0.2, -0.15) is 0 Å². The number of carbonyl (C=O) groups excluding carboxylic acids is 2. The van der Waals surface area contributed by atoms with Gasteiger partial charge in [-0.05, 0) is 18.6 Å². The van der Waals surface area contributed by atoms with E-state index in [1.807, 2.05) is 36.0 Å². The first kappa shape index (κ1) is 30.1. The normalized spacial score (nSPS) is 10.7. The van der Waals surface area contributed by atoms with Crippen LogP contribution in [0.15, 0.2) is 42.6 Å². The largest absolute Gasteiger partial charge is 0.493 e. The Kier molecular flexibility index (Phi) is 14.2. The van der Waals surface area contributed by atoms with Crippen molar-refractivity contribution in [3.05, 3.63) is 48.3 Å². The van der Waals surface area contributed by atoms with Crippen LogP contribution >= 0.6 is 0 Å². The van der Waals surface area contributed by atoms with Gasteiger partial charge in [0.2, 0.25) is 11.6 Å². The fourth-order valence-electron chi connectivity index (χ4n) is 4.11. The number of carbonyl (C=O) groups is 2. The summed E-state index contributed by atoms with van der Waals surface area (Å²) in [5, 5.41) is 0. The van der Waals surface area contributed by atoms with Gasteiger partial charge in [-0.25, -0.2) is 4.57 Å². The van der Waals surface area contributed by atoms with E-state index in [0.717, 1.165) is 18.5 Å². The fraction of sp³-hybridized carbons (Fsp3) is 0.567. The molecule has 0 aliphatic heterocycles. The second kappa shape index (κ2) is 17.4. The third kappa shape index (κ3) is 11.2. The van der Waals surface area contributed by atoms with Crippen molar-refractivity contribution in [2.75, 3.05) is 20.3 Å². The van der Waals surface area contributed by atoms with Crippen LogP contribution in [0.5, 0.6) is 17.2 Å². The van der Waals surface area contributed by atoms with Crippen LogP contribution in [0, 0.1) is 0 Å². The zero-order valence-electron chi connectivity index (χ0n) is 23.2. The molecule has 2 amide bonds. The van der Waals surface area contributed by atoms with Crippen LogP contribution < -0.4 is 18.8 Å². The topological polar surface area (TPSA) is 69.0 Å². The molecule has 1 heterocycles. The maximum Gasteiger partial charge on any atom is 0.267 e. The fourth-order valence-corrected chi connectivity index (χ4v) is 4.11. The van der Waals surface area contributed by atoms with Gasteiger partial charge in [0.15, 0.2) is 24.3 Å². The minimum atomic E-state index is -0.406. The second-order valence-corrected chi connectivity index (χ2v) is 9.43. The highest BCUT2D eigenvalue weighted by Crippen LogP contribution is 2.31. The molecule has 7 heteroatoms. The van der Waals surface area contributed by atoms with Gasteiger partial charge < -0.3 is 14.2 Å². The number of hydrogen-bond donors (Lipinski definition) is 0. The van der Waals surface area contributed by atoms with Crippen LogP contribution in [-0.2, 0) is 23.2 Å². The average Bonchev–Trinajstić information content (AvgIpc) is 2.90. The summed E-state index contributed by atoms with van der Waals surface area (Å²) in [7, 11) is 3.45. The van der Waals surface area contributed by atoms with E-state index in [4.69, 9.17) is 14.2 Å². The number of pyridine rings is 1. The quantitative estimate of drug-likeness (QED) is 0.187. The highest BCUT2D eigenvalue weighted by Gasteiger charge is 2.22. The Morgan fingerprint density at radius 1 is 0.865 bits per heavy atom. The molecule has 2 aromatic rings. The molecule has 0 fully saturated rings. The van der Waals surface area contributed by atoms with Gasteiger partial charge in [-0.3, -0.25) is 14.5 Å². The maximum absolute atomic E-state index is 12.7. The number of nitrogens with zero attached hydrogens (tertiary/aromatic N) is 2. The lowest BCUT2D eigenvalue weighted by atomic mass is 10.1. The van der Waals surface area contributed by atoms with Gasteiger partial charge in [0.25, 0.3) is 5.91 Å². The molecule has 37 heavy (non-hydrogen) atoms. The van der Waals surface area contributed by atoms with E-state index in [-0.39, 0.29) is 19.1 Å². The SMILES string of the molecule is CCCCCCCCCCCCOc1ccc(OCC(=O)N(Cc2cccc[n+]2C)C(C)=O)cc1OC. The van der Waals surface area contributed by atoms with Crippen LogP contribution in [0.4, 0.5) is 0 Å². The zero-order valence-corrected chi connectivity index (χ0v) is 23.2. The first-order valence-corrected chi connectivity index (χ1v) is 13.6. The summed E-state index contributed by atoms with van der Waals surface area (Å²) in [6.07, 6.45) is 14.7. The molecular weight excluding hydrogens is 468 g/mol. The highest BCUT2D eigenvalue weighted by molar-refractivity contribution is 5.94. The average molecular weight is 514 g/mol. The molecule has 0 aliphatic rings. The van der Waals surface area contributed by atoms with Crippen LogP contribution in [0.2, 0.25) is 0 Å². The smallest absolute Gasteiger partial charge is 0.267 e. The Morgan fingerprint density at radius 3 is 2.16 bits per heavy atom. The van der Waals surface area contributed by atoms with Crippen molar-refractivity contribution < 1.29 is 28.4 Å². The monoisotopic (exact) mass is 513 g/mol. The standard InChI is InChI=1S/C30H45N2O5/c1-5-6-7-8-9-10-11-12-13-16-21-36-28-19-18-27(22-29(28)35-4)37-24-30(34)32(25(2)33)23-26-17-14-15-20-31(26)3/h14-15,17-20,22H,5-13,16,21,23-24H2,1-4H3/q+1. The highest BCUT2D eigenvalue weighted by atomic mass is 16.5. The van der Waals surface area contributed by atoms with Crippen molar-refractivity contribution in [3.63, 3.8) is 0 Å². The Balaban J connectivity index is 1.75. The Labute approximate surface area is 222 Å². The number of benzene rings is 1. The molecule has 0 saturated carbocycles. The first-order chi connectivity index (χ1) is 18.0. The van der Waals surface area contributed by atoms with Gasteiger partial charge in [-0.15, -0.1) is 0 Å². The molecular formula is C30H45N2O5+. The molecule has 0 spiro atoms. The zero-order chi connectivity index (χ0) is 26.9. The van der Waals surface area contributed by atoms with Crippen LogP contribution in [-0.4, -0.2) is 37.0 Å². The van der Waals surface area contributed by atoms with Gasteiger partial charge in [0.1, 0.15) is 19.3 Å². The summed E-state index contributed by atoms with van der Waals surface area (Å²) in [6, 6.07) is 10.9. The number of rotatable bonds is 18. The Hall–Kier alpha value is -3.09. The third-order valence-corrected chi connectivity index (χ3v) is 6.42. The minimum absolute atomic E-state index is 0.184. The van der Waals surface area contributed by atoms with E-state index < -0.39 is 5.91 Å². The number of amides is 2. The third-order valence-electron chi connectivity index (χ3n) is 6.42. The van der Waals surface area contributed by atoms with Crippen molar-refractivity contribution in [2.24, 2.45) is 7.05 Å². The summed E-state index contributed by atoms with van der Waals surface area (Å²) in [4.78, 5) is 26.0. The van der Waals surface area contributed by atoms with Crippen molar-refractivity contribution in [3.8, 4) is 17.2 Å². The van der Waals surface area contributed by atoms with Gasteiger partial charge >= 0.3 is 0 Å². The summed E-state index contributed by atoms with van der Waals surface area (Å²) in [6.45, 7) is 4.20. The molecule has 0 N–H and O–H groups in total. The summed E-state index contributed by atoms with van der Waals surface area (Å²) < 4.78 is 19.0. The summed E-state index contributed by atoms with van der Waals surface area (Å²) in [5.41, 5.74) is 0.844. The molecule has 7 nitrogen and oxygen atoms in total. The molecule has 0 atom stereocenters. The Morgan fingerprint density at radius 2 is 1.54 bits per heavy atom. The molecule has 1 aromatic carbocycles. The first-order valence-electron chi connectivity index (χ1n) is 13.6. The maximum atomic E-state index is 12.7. The lowest BCUT2D eigenvalue weighted by molar-refractivity contribution is -0.679. The van der Waals surface area contributed by atoms with Crippen molar-refractivity contribution in [1.29, 1.82) is 0 Å². The molecule has 0 radical (unpaired) electrons. The van der Waals surface area contributed by atoms with Crippen molar-refractivity contribution in [2.45, 2.75) is 84.6 Å². The van der Waals surface area contributed by atoms with E-state index in [0.29, 0.717) is 23.9 Å². The van der Waals surface area contributed by atoms with Gasteiger partial charge in [-0.1, -0.05) is 70.8 Å². The number of aryl methyl sites for hydroxylation is 1. The van der Waals surface area contributed by atoms with Gasteiger partial charge in [0.05, 0.1) is 13.7 Å². The lowest BCUT2D eigenvalue weighted by Gasteiger charge is -2.18. The molecule has 0 aliphatic carbocycles. The minimum Gasteiger partial charge on any atom is -0.493 e. The van der Waals surface area contributed by atoms with Crippen LogP contribution in [0.25, 0.3) is 0 Å². The number of imide groups is 1. The van der Waals surface area contributed by atoms with Crippen molar-refractivity contribution in [1.82, 2.24) is 4.90 Å². The second-order valence-electron chi connectivity index (χ2n) is 9.43. The molecule has 0 bridgehead atoms. The number of ether oxygens (including phenoxy) is 3. The molecule has 1 aromatic heterocycles. The molecule has 204 valence electrons. The number of methoxy groups -OCH3 is 1. The Bertz CT molecular complexity index is 963. The van der Waals surface area contributed by atoms with Gasteiger partial charge in [0, 0.05) is 25.1 Å². The summed E-state index contributed by atoms with van der Waals surface area (Å²) >= 11 is 0. The van der Waals surface area contributed by atoms with E-state index in [9.17, 15) is 9.59 Å². The number of unbranched alkanes of at least 4 members (excludes halogenated alkanes) is 9. The molecule has 2 rings (SSSR count). The predicted octanol–water partition coefficient (Wildman–Crippen LogP) is 5.77. The van der Waals surface area contributed by atoms with E-state index in [2.05, 4.69) is 6.92 Å². The van der Waals surface area contributed by atoms with Crippen LogP contribution in [0.1, 0.15) is 83.7 Å². The van der Waals surface area contributed by atoms with E-state index in [1.165, 1.54) is 63.2 Å². The number of aromatic nitrogens is 1. The summed E-state index contributed by atoms with van der Waals surface area (Å²) in [5.74, 6) is 0.948. The lowest BCUT2D eigenvalue weighted by Crippen LogP contribution is -2.42. The molecule has 0 unspecified atom stereocenters. The van der Waals surface area contributed by atoms with Crippen molar-refractivity contribution >= 4 is 11.8 Å².